The van der Waals surface area contributed by atoms with Crippen LogP contribution in [-0.4, -0.2) is 28.1 Å². The highest BCUT2D eigenvalue weighted by Gasteiger charge is 2.39. The first-order valence-corrected chi connectivity index (χ1v) is 9.01. The summed E-state index contributed by atoms with van der Waals surface area (Å²) in [6.45, 7) is 0.405. The number of benzene rings is 2. The van der Waals surface area contributed by atoms with Crippen molar-refractivity contribution < 1.29 is 19.1 Å². The molecular formula is C18H14ClNO4S. The molecule has 1 atom stereocenters. The minimum Gasteiger partial charge on any atom is -0.454 e. The van der Waals surface area contributed by atoms with Gasteiger partial charge in [0.05, 0.1) is 11.8 Å². The topological polar surface area (TPSA) is 55.8 Å². The van der Waals surface area contributed by atoms with E-state index in [-0.39, 0.29) is 24.5 Å². The van der Waals surface area contributed by atoms with Gasteiger partial charge in [-0.05, 0) is 35.7 Å². The Kier molecular flexibility index (Phi) is 4.31. The van der Waals surface area contributed by atoms with Gasteiger partial charge < -0.3 is 9.47 Å². The number of hydrogen-bond acceptors (Lipinski definition) is 5. The highest BCUT2D eigenvalue weighted by Crippen LogP contribution is 2.36. The lowest BCUT2D eigenvalue weighted by molar-refractivity contribution is -0.127. The maximum atomic E-state index is 12.7. The van der Waals surface area contributed by atoms with Crippen molar-refractivity contribution in [1.82, 2.24) is 4.90 Å². The molecule has 0 spiro atoms. The molecule has 0 aliphatic carbocycles. The van der Waals surface area contributed by atoms with Gasteiger partial charge in [-0.2, -0.15) is 0 Å². The molecule has 25 heavy (non-hydrogen) atoms. The third-order valence-electron chi connectivity index (χ3n) is 4.15. The van der Waals surface area contributed by atoms with E-state index in [9.17, 15) is 9.59 Å². The molecule has 2 aromatic rings. The summed E-state index contributed by atoms with van der Waals surface area (Å²) in [6.07, 6.45) is 0.463. The fraction of sp³-hybridized carbons (Fsp3) is 0.222. The molecule has 0 radical (unpaired) electrons. The van der Waals surface area contributed by atoms with Crippen LogP contribution in [0.25, 0.3) is 0 Å². The third kappa shape index (κ3) is 3.19. The van der Waals surface area contributed by atoms with E-state index in [0.717, 1.165) is 22.9 Å². The van der Waals surface area contributed by atoms with Crippen LogP contribution in [-0.2, 0) is 17.8 Å². The SMILES string of the molecule is O=C1S[C@H](Cc2ccc3c(c2)OCO3)C(=O)N1Cc1ccccc1Cl. The lowest BCUT2D eigenvalue weighted by Crippen LogP contribution is -2.31. The third-order valence-corrected chi connectivity index (χ3v) is 5.59. The lowest BCUT2D eigenvalue weighted by atomic mass is 10.1. The fourth-order valence-electron chi connectivity index (χ4n) is 2.85. The standard InChI is InChI=1S/C18H14ClNO4S/c19-13-4-2-1-3-12(13)9-20-17(21)16(25-18(20)22)8-11-5-6-14-15(7-11)24-10-23-14/h1-7,16H,8-10H2/t16-/m1/s1. The second-order valence-electron chi connectivity index (χ2n) is 5.78. The van der Waals surface area contributed by atoms with Crippen molar-refractivity contribution in [2.75, 3.05) is 6.79 Å². The smallest absolute Gasteiger partial charge is 0.289 e. The molecule has 1 fully saturated rings. The van der Waals surface area contributed by atoms with Crippen molar-refractivity contribution >= 4 is 34.5 Å². The minimum absolute atomic E-state index is 0.187. The van der Waals surface area contributed by atoms with E-state index >= 15 is 0 Å². The number of amides is 2. The summed E-state index contributed by atoms with van der Waals surface area (Å²) in [5.74, 6) is 1.19. The molecule has 0 aromatic heterocycles. The zero-order valence-corrected chi connectivity index (χ0v) is 14.7. The molecule has 0 N–H and O–H groups in total. The van der Waals surface area contributed by atoms with E-state index in [1.54, 1.807) is 6.07 Å². The van der Waals surface area contributed by atoms with Crippen molar-refractivity contribution in [3.05, 3.63) is 58.6 Å². The Balaban J connectivity index is 1.48. The molecule has 5 nitrogen and oxygen atoms in total. The molecule has 2 aromatic carbocycles. The maximum Gasteiger partial charge on any atom is 0.289 e. The number of rotatable bonds is 4. The van der Waals surface area contributed by atoms with Crippen LogP contribution in [0.5, 0.6) is 11.5 Å². The Bertz CT molecular complexity index is 857. The summed E-state index contributed by atoms with van der Waals surface area (Å²) in [5, 5.41) is -0.127. The molecule has 0 unspecified atom stereocenters. The van der Waals surface area contributed by atoms with Gasteiger partial charge in [0.2, 0.25) is 12.7 Å². The van der Waals surface area contributed by atoms with Crippen molar-refractivity contribution in [2.45, 2.75) is 18.2 Å². The highest BCUT2D eigenvalue weighted by atomic mass is 35.5. The van der Waals surface area contributed by atoms with Crippen LogP contribution >= 0.6 is 23.4 Å². The second-order valence-corrected chi connectivity index (χ2v) is 7.34. The zero-order chi connectivity index (χ0) is 17.4. The summed E-state index contributed by atoms with van der Waals surface area (Å²) in [5.41, 5.74) is 1.69. The molecule has 1 saturated heterocycles. The summed E-state index contributed by atoms with van der Waals surface area (Å²) in [6, 6.07) is 12.8. The van der Waals surface area contributed by atoms with Gasteiger partial charge in [0, 0.05) is 5.02 Å². The molecule has 2 heterocycles. The molecule has 2 aliphatic rings. The van der Waals surface area contributed by atoms with Crippen LogP contribution in [0.15, 0.2) is 42.5 Å². The molecule has 2 amide bonds. The van der Waals surface area contributed by atoms with Gasteiger partial charge in [0.1, 0.15) is 0 Å². The van der Waals surface area contributed by atoms with Gasteiger partial charge >= 0.3 is 0 Å². The van der Waals surface area contributed by atoms with Crippen LogP contribution in [0.4, 0.5) is 4.79 Å². The molecule has 2 aliphatic heterocycles. The number of nitrogens with zero attached hydrogens (tertiary/aromatic N) is 1. The Labute approximate surface area is 153 Å². The van der Waals surface area contributed by atoms with Gasteiger partial charge in [-0.1, -0.05) is 47.6 Å². The van der Waals surface area contributed by atoms with E-state index < -0.39 is 5.25 Å². The summed E-state index contributed by atoms with van der Waals surface area (Å²) >= 11 is 7.19. The average Bonchev–Trinajstić information content (AvgIpc) is 3.16. The Morgan fingerprint density at radius 3 is 2.76 bits per heavy atom. The maximum absolute atomic E-state index is 12.7. The minimum atomic E-state index is -0.435. The highest BCUT2D eigenvalue weighted by molar-refractivity contribution is 8.15. The largest absolute Gasteiger partial charge is 0.454 e. The Morgan fingerprint density at radius 1 is 1.12 bits per heavy atom. The quantitative estimate of drug-likeness (QED) is 0.811. The van der Waals surface area contributed by atoms with E-state index in [0.29, 0.717) is 22.9 Å². The molecule has 7 heteroatoms. The molecule has 0 saturated carbocycles. The number of halogens is 1. The summed E-state index contributed by atoms with van der Waals surface area (Å²) in [4.78, 5) is 26.2. The number of fused-ring (bicyclic) bond motifs is 1. The monoisotopic (exact) mass is 375 g/mol. The van der Waals surface area contributed by atoms with Crippen molar-refractivity contribution in [3.63, 3.8) is 0 Å². The zero-order valence-electron chi connectivity index (χ0n) is 13.1. The molecule has 128 valence electrons. The number of hydrogen-bond donors (Lipinski definition) is 0. The van der Waals surface area contributed by atoms with E-state index in [2.05, 4.69) is 0 Å². The summed E-state index contributed by atoms with van der Waals surface area (Å²) in [7, 11) is 0. The molecule has 4 rings (SSSR count). The Hall–Kier alpha value is -2.18. The number of thioether (sulfide) groups is 1. The van der Waals surface area contributed by atoms with Crippen molar-refractivity contribution in [3.8, 4) is 11.5 Å². The van der Waals surface area contributed by atoms with Crippen molar-refractivity contribution in [1.29, 1.82) is 0 Å². The summed E-state index contributed by atoms with van der Waals surface area (Å²) < 4.78 is 10.6. The Morgan fingerprint density at radius 2 is 1.92 bits per heavy atom. The van der Waals surface area contributed by atoms with Gasteiger partial charge in [-0.3, -0.25) is 14.5 Å². The molecule has 0 bridgehead atoms. The van der Waals surface area contributed by atoms with Gasteiger partial charge in [-0.15, -0.1) is 0 Å². The predicted molar refractivity (Wildman–Crippen MR) is 95.0 cm³/mol. The normalized spacial score (nSPS) is 18.9. The number of ether oxygens (including phenoxy) is 2. The van der Waals surface area contributed by atoms with Crippen LogP contribution < -0.4 is 9.47 Å². The van der Waals surface area contributed by atoms with Crippen LogP contribution in [0.3, 0.4) is 0 Å². The predicted octanol–water partition coefficient (Wildman–Crippen LogP) is 3.88. The fourth-order valence-corrected chi connectivity index (χ4v) is 4.07. The van der Waals surface area contributed by atoms with E-state index in [1.807, 2.05) is 36.4 Å². The van der Waals surface area contributed by atoms with Crippen LogP contribution in [0.2, 0.25) is 5.02 Å². The van der Waals surface area contributed by atoms with Gasteiger partial charge in [0.15, 0.2) is 11.5 Å². The second kappa shape index (κ2) is 6.61. The lowest BCUT2D eigenvalue weighted by Gasteiger charge is -2.15. The number of carbonyl (C=O) groups excluding carboxylic acids is 2. The van der Waals surface area contributed by atoms with Crippen LogP contribution in [0, 0.1) is 0 Å². The average molecular weight is 376 g/mol. The first-order valence-electron chi connectivity index (χ1n) is 7.76. The van der Waals surface area contributed by atoms with Gasteiger partial charge in [0.25, 0.3) is 5.24 Å². The van der Waals surface area contributed by atoms with E-state index in [1.165, 1.54) is 4.90 Å². The van der Waals surface area contributed by atoms with E-state index in [4.69, 9.17) is 21.1 Å². The first-order chi connectivity index (χ1) is 12.1. The number of imide groups is 1. The first kappa shape index (κ1) is 16.3. The molecular weight excluding hydrogens is 362 g/mol. The van der Waals surface area contributed by atoms with Crippen LogP contribution in [0.1, 0.15) is 11.1 Å². The number of carbonyl (C=O) groups is 2. The van der Waals surface area contributed by atoms with Gasteiger partial charge in [-0.25, -0.2) is 0 Å². The van der Waals surface area contributed by atoms with Crippen molar-refractivity contribution in [2.24, 2.45) is 0 Å².